The van der Waals surface area contributed by atoms with E-state index in [9.17, 15) is 0 Å². The van der Waals surface area contributed by atoms with E-state index in [0.717, 1.165) is 11.1 Å². The molecular weight excluding hydrogens is 220 g/mol. The van der Waals surface area contributed by atoms with Gasteiger partial charge >= 0.3 is 0 Å². The molecule has 0 radical (unpaired) electrons. The van der Waals surface area contributed by atoms with E-state index in [0.29, 0.717) is 0 Å². The molecule has 0 aromatic rings. The fraction of sp³-hybridized carbons (Fsp3) is 0.500. The number of allylic oxidation sites excluding steroid dienone is 8. The molecule has 2 rings (SSSR count). The van der Waals surface area contributed by atoms with Gasteiger partial charge in [-0.05, 0) is 11.1 Å². The van der Waals surface area contributed by atoms with Crippen LogP contribution < -0.4 is 0 Å². The van der Waals surface area contributed by atoms with Gasteiger partial charge in [-0.2, -0.15) is 0 Å². The molecule has 0 aromatic heterocycles. The maximum atomic E-state index is 2.46. The van der Waals surface area contributed by atoms with E-state index in [-0.39, 0.29) is 0 Å². The number of rotatable bonds is 6. The van der Waals surface area contributed by atoms with Gasteiger partial charge in [-0.3, -0.25) is 0 Å². The molecule has 2 aliphatic carbocycles. The van der Waals surface area contributed by atoms with Gasteiger partial charge in [0.25, 0.3) is 0 Å². The molecule has 0 atom stereocenters. The maximum Gasteiger partial charge on any atom is 0.0758 e. The molecule has 2 aliphatic rings. The molecule has 0 bridgehead atoms. The Hall–Kier alpha value is -0.823. The van der Waals surface area contributed by atoms with Crippen molar-refractivity contribution in [2.75, 3.05) is 0 Å². The third-order valence-electron chi connectivity index (χ3n) is 4.25. The second-order valence-electron chi connectivity index (χ2n) is 5.32. The molecule has 0 amide bonds. The molecule has 17 heavy (non-hydrogen) atoms. The zero-order valence-corrected chi connectivity index (χ0v) is 12.1. The van der Waals surface area contributed by atoms with E-state index in [1.54, 1.807) is 0 Å². The summed E-state index contributed by atoms with van der Waals surface area (Å²) in [6, 6.07) is 2.92. The van der Waals surface area contributed by atoms with Crippen LogP contribution in [0.4, 0.5) is 0 Å². The molecule has 0 N–H and O–H groups in total. The van der Waals surface area contributed by atoms with Crippen molar-refractivity contribution in [3.05, 3.63) is 48.6 Å². The second-order valence-corrected chi connectivity index (χ2v) is 10.1. The first kappa shape index (κ1) is 12.6. The molecule has 0 fully saturated rings. The topological polar surface area (TPSA) is 0 Å². The van der Waals surface area contributed by atoms with Crippen molar-refractivity contribution < 1.29 is 0 Å². The average Bonchev–Trinajstić information content (AvgIpc) is 3.02. The Kier molecular flexibility index (Phi) is 4.22. The van der Waals surface area contributed by atoms with E-state index in [1.807, 2.05) is 0 Å². The summed E-state index contributed by atoms with van der Waals surface area (Å²) in [5.41, 5.74) is 1.53. The Morgan fingerprint density at radius 3 is 1.35 bits per heavy atom. The molecule has 0 heterocycles. The highest BCUT2D eigenvalue weighted by Crippen LogP contribution is 2.47. The summed E-state index contributed by atoms with van der Waals surface area (Å²) in [5, 5.41) is 0. The SMILES string of the molecule is CCC[Si](CCC)(C1C=CC=C1)C1C=CC=C1. The van der Waals surface area contributed by atoms with Gasteiger partial charge in [0.2, 0.25) is 0 Å². The summed E-state index contributed by atoms with van der Waals surface area (Å²) in [7, 11) is -1.28. The van der Waals surface area contributed by atoms with E-state index in [4.69, 9.17) is 0 Å². The predicted molar refractivity (Wildman–Crippen MR) is 80.0 cm³/mol. The van der Waals surface area contributed by atoms with Crippen molar-refractivity contribution in [1.82, 2.24) is 0 Å². The Morgan fingerprint density at radius 1 is 0.706 bits per heavy atom. The van der Waals surface area contributed by atoms with Crippen LogP contribution in [0.25, 0.3) is 0 Å². The van der Waals surface area contributed by atoms with Crippen LogP contribution in [0, 0.1) is 0 Å². The molecule has 0 aromatic carbocycles. The number of hydrogen-bond acceptors (Lipinski definition) is 0. The number of hydrogen-bond donors (Lipinski definition) is 0. The fourth-order valence-corrected chi connectivity index (χ4v) is 9.44. The lowest BCUT2D eigenvalue weighted by Crippen LogP contribution is -2.41. The van der Waals surface area contributed by atoms with Crippen LogP contribution >= 0.6 is 0 Å². The highest BCUT2D eigenvalue weighted by Gasteiger charge is 2.42. The molecular formula is C16H24Si. The lowest BCUT2D eigenvalue weighted by atomic mass is 10.4. The quantitative estimate of drug-likeness (QED) is 0.560. The summed E-state index contributed by atoms with van der Waals surface area (Å²) in [6.07, 6.45) is 21.5. The van der Waals surface area contributed by atoms with Crippen LogP contribution in [-0.2, 0) is 0 Å². The van der Waals surface area contributed by atoms with Crippen molar-refractivity contribution >= 4 is 8.07 Å². The van der Waals surface area contributed by atoms with E-state index in [1.165, 1.54) is 24.9 Å². The third kappa shape index (κ3) is 2.39. The Bertz CT molecular complexity index is 300. The molecule has 0 unspecified atom stereocenters. The summed E-state index contributed by atoms with van der Waals surface area (Å²) in [4.78, 5) is 0. The van der Waals surface area contributed by atoms with Crippen molar-refractivity contribution in [3.63, 3.8) is 0 Å². The minimum absolute atomic E-state index is 0.764. The van der Waals surface area contributed by atoms with Crippen molar-refractivity contribution in [2.45, 2.75) is 49.9 Å². The Balaban J connectivity index is 2.30. The molecule has 1 heteroatoms. The fourth-order valence-electron chi connectivity index (χ4n) is 3.58. The van der Waals surface area contributed by atoms with E-state index in [2.05, 4.69) is 62.5 Å². The van der Waals surface area contributed by atoms with Gasteiger partial charge in [0.1, 0.15) is 0 Å². The molecule has 0 saturated heterocycles. The standard InChI is InChI=1S/C16H24Si/c1-3-13-17(14-4-2,15-9-5-6-10-15)16-11-7-8-12-16/h5-12,15-16H,3-4,13-14H2,1-2H3. The average molecular weight is 244 g/mol. The van der Waals surface area contributed by atoms with Crippen LogP contribution in [0.5, 0.6) is 0 Å². The van der Waals surface area contributed by atoms with Crippen LogP contribution in [0.15, 0.2) is 48.6 Å². The third-order valence-corrected chi connectivity index (χ3v) is 10.5. The minimum Gasteiger partial charge on any atom is -0.0803 e. The zero-order valence-electron chi connectivity index (χ0n) is 11.1. The van der Waals surface area contributed by atoms with Crippen LogP contribution in [0.3, 0.4) is 0 Å². The van der Waals surface area contributed by atoms with E-state index < -0.39 is 8.07 Å². The Labute approximate surface area is 107 Å². The van der Waals surface area contributed by atoms with Crippen molar-refractivity contribution in [1.29, 1.82) is 0 Å². The monoisotopic (exact) mass is 244 g/mol. The normalized spacial score (nSPS) is 19.9. The van der Waals surface area contributed by atoms with Gasteiger partial charge in [-0.1, -0.05) is 87.4 Å². The van der Waals surface area contributed by atoms with Gasteiger partial charge in [-0.15, -0.1) is 0 Å². The molecule has 0 aliphatic heterocycles. The summed E-state index contributed by atoms with van der Waals surface area (Å²) >= 11 is 0. The molecule has 0 saturated carbocycles. The Morgan fingerprint density at radius 2 is 1.06 bits per heavy atom. The minimum atomic E-state index is -1.28. The highest BCUT2D eigenvalue weighted by atomic mass is 28.3. The van der Waals surface area contributed by atoms with Gasteiger partial charge in [-0.25, -0.2) is 0 Å². The van der Waals surface area contributed by atoms with Crippen molar-refractivity contribution in [3.8, 4) is 0 Å². The summed E-state index contributed by atoms with van der Waals surface area (Å²) < 4.78 is 0. The maximum absolute atomic E-state index is 2.46. The zero-order chi connectivity index (χ0) is 12.1. The highest BCUT2D eigenvalue weighted by molar-refractivity contribution is 6.84. The van der Waals surface area contributed by atoms with Gasteiger partial charge in [0.05, 0.1) is 8.07 Å². The molecule has 92 valence electrons. The first-order valence-corrected chi connectivity index (χ1v) is 9.60. The molecule has 0 nitrogen and oxygen atoms in total. The smallest absolute Gasteiger partial charge is 0.0758 e. The van der Waals surface area contributed by atoms with Crippen LogP contribution in [0.2, 0.25) is 23.2 Å². The van der Waals surface area contributed by atoms with E-state index >= 15 is 0 Å². The predicted octanol–water partition coefficient (Wildman–Crippen LogP) is 5.25. The summed E-state index contributed by atoms with van der Waals surface area (Å²) in [5.74, 6) is 0. The summed E-state index contributed by atoms with van der Waals surface area (Å²) in [6.45, 7) is 4.70. The van der Waals surface area contributed by atoms with Crippen LogP contribution in [-0.4, -0.2) is 8.07 Å². The first-order valence-electron chi connectivity index (χ1n) is 7.03. The van der Waals surface area contributed by atoms with Gasteiger partial charge < -0.3 is 0 Å². The van der Waals surface area contributed by atoms with Gasteiger partial charge in [0, 0.05) is 0 Å². The lowest BCUT2D eigenvalue weighted by molar-refractivity contribution is 0.919. The van der Waals surface area contributed by atoms with Gasteiger partial charge in [0.15, 0.2) is 0 Å². The second kappa shape index (κ2) is 5.68. The molecule has 0 spiro atoms. The van der Waals surface area contributed by atoms with Crippen LogP contribution in [0.1, 0.15) is 26.7 Å². The lowest BCUT2D eigenvalue weighted by Gasteiger charge is -2.39. The largest absolute Gasteiger partial charge is 0.0803 e. The first-order chi connectivity index (χ1) is 8.33. The van der Waals surface area contributed by atoms with Crippen molar-refractivity contribution in [2.24, 2.45) is 0 Å².